The van der Waals surface area contributed by atoms with Gasteiger partial charge in [-0.25, -0.2) is 4.98 Å². The summed E-state index contributed by atoms with van der Waals surface area (Å²) in [7, 11) is 4.23. The highest BCUT2D eigenvalue weighted by atomic mass is 15.2. The largest absolute Gasteiger partial charge is 0.357 e. The van der Waals surface area contributed by atoms with Crippen molar-refractivity contribution in [3.05, 3.63) is 23.4 Å². The highest BCUT2D eigenvalue weighted by Gasteiger charge is 2.22. The van der Waals surface area contributed by atoms with E-state index in [1.165, 1.54) is 36.9 Å². The summed E-state index contributed by atoms with van der Waals surface area (Å²) in [6.07, 6.45) is 7.54. The normalized spacial score (nSPS) is 22.3. The molecule has 1 aliphatic carbocycles. The summed E-state index contributed by atoms with van der Waals surface area (Å²) in [6, 6.07) is 5.17. The van der Waals surface area contributed by atoms with E-state index in [1.54, 1.807) is 0 Å². The van der Waals surface area contributed by atoms with E-state index < -0.39 is 0 Å². The second-order valence-corrected chi connectivity index (χ2v) is 6.63. The van der Waals surface area contributed by atoms with Crippen LogP contribution >= 0.6 is 0 Å². The number of nitrogens with zero attached hydrogens (tertiary/aromatic N) is 2. The molecule has 0 unspecified atom stereocenters. The Morgan fingerprint density at radius 3 is 2.57 bits per heavy atom. The Hall–Kier alpha value is -1.09. The second-order valence-electron chi connectivity index (χ2n) is 6.63. The summed E-state index contributed by atoms with van der Waals surface area (Å²) in [6.45, 7) is 5.52. The summed E-state index contributed by atoms with van der Waals surface area (Å²) < 4.78 is 0. The third kappa shape index (κ3) is 4.44. The minimum absolute atomic E-state index is 0.660. The molecule has 0 radical (unpaired) electrons. The third-order valence-electron chi connectivity index (χ3n) is 4.71. The van der Waals surface area contributed by atoms with Crippen molar-refractivity contribution in [3.63, 3.8) is 0 Å². The summed E-state index contributed by atoms with van der Waals surface area (Å²) in [4.78, 5) is 7.32. The van der Waals surface area contributed by atoms with Gasteiger partial charge in [0.25, 0.3) is 0 Å². The van der Waals surface area contributed by atoms with Crippen LogP contribution in [0.3, 0.4) is 0 Å². The molecule has 1 heterocycles. The van der Waals surface area contributed by atoms with E-state index >= 15 is 0 Å². The lowest BCUT2D eigenvalue weighted by Crippen LogP contribution is -2.35. The molecule has 1 saturated carbocycles. The maximum absolute atomic E-state index is 4.90. The van der Waals surface area contributed by atoms with Gasteiger partial charge in [-0.05, 0) is 62.8 Å². The van der Waals surface area contributed by atoms with Crippen LogP contribution < -0.4 is 10.2 Å². The van der Waals surface area contributed by atoms with E-state index in [4.69, 9.17) is 4.98 Å². The maximum Gasteiger partial charge on any atom is 0.129 e. The van der Waals surface area contributed by atoms with Crippen LogP contribution in [0.1, 0.15) is 57.2 Å². The average molecular weight is 289 g/mol. The summed E-state index contributed by atoms with van der Waals surface area (Å²) >= 11 is 0. The van der Waals surface area contributed by atoms with Crippen LogP contribution in [-0.4, -0.2) is 25.1 Å². The van der Waals surface area contributed by atoms with E-state index in [9.17, 15) is 0 Å². The summed E-state index contributed by atoms with van der Waals surface area (Å²) in [5.74, 6) is 2.06. The Kier molecular flexibility index (Phi) is 6.04. The molecule has 0 aliphatic heterocycles. The van der Waals surface area contributed by atoms with Crippen molar-refractivity contribution in [3.8, 4) is 0 Å². The van der Waals surface area contributed by atoms with E-state index in [2.05, 4.69) is 43.2 Å². The van der Waals surface area contributed by atoms with Crippen LogP contribution in [-0.2, 0) is 13.0 Å². The van der Waals surface area contributed by atoms with Crippen LogP contribution in [0.5, 0.6) is 0 Å². The quantitative estimate of drug-likeness (QED) is 0.864. The fourth-order valence-electron chi connectivity index (χ4n) is 3.32. The standard InChI is InChI=1S/C18H31N3/c1-5-6-16-11-15(13-19-3)12-18(20-16)21(4)17-9-7-14(2)8-10-17/h11-12,14,17,19H,5-10,13H2,1-4H3. The number of hydrogen-bond acceptors (Lipinski definition) is 3. The Morgan fingerprint density at radius 1 is 1.24 bits per heavy atom. The van der Waals surface area contributed by atoms with Gasteiger partial charge in [-0.3, -0.25) is 0 Å². The molecule has 1 aromatic rings. The molecule has 0 amide bonds. The van der Waals surface area contributed by atoms with Crippen molar-refractivity contribution in [1.29, 1.82) is 0 Å². The molecule has 3 heteroatoms. The molecule has 21 heavy (non-hydrogen) atoms. The van der Waals surface area contributed by atoms with Gasteiger partial charge in [0, 0.05) is 25.3 Å². The molecule has 0 spiro atoms. The second kappa shape index (κ2) is 7.79. The minimum Gasteiger partial charge on any atom is -0.357 e. The predicted octanol–water partition coefficient (Wildman–Crippen LogP) is 3.77. The first kappa shape index (κ1) is 16.3. The lowest BCUT2D eigenvalue weighted by atomic mass is 9.87. The molecule has 0 aromatic carbocycles. The number of hydrogen-bond donors (Lipinski definition) is 1. The number of aryl methyl sites for hydroxylation is 1. The first-order valence-electron chi connectivity index (χ1n) is 8.51. The van der Waals surface area contributed by atoms with Gasteiger partial charge in [-0.15, -0.1) is 0 Å². The third-order valence-corrected chi connectivity index (χ3v) is 4.71. The number of rotatable bonds is 6. The van der Waals surface area contributed by atoms with E-state index in [-0.39, 0.29) is 0 Å². The summed E-state index contributed by atoms with van der Waals surface area (Å²) in [5.41, 5.74) is 2.58. The predicted molar refractivity (Wildman–Crippen MR) is 90.8 cm³/mol. The van der Waals surface area contributed by atoms with Crippen LogP contribution in [0.15, 0.2) is 12.1 Å². The van der Waals surface area contributed by atoms with Crippen LogP contribution in [0.4, 0.5) is 5.82 Å². The van der Waals surface area contributed by atoms with Crippen molar-refractivity contribution < 1.29 is 0 Å². The van der Waals surface area contributed by atoms with Crippen molar-refractivity contribution in [2.24, 2.45) is 5.92 Å². The lowest BCUT2D eigenvalue weighted by molar-refractivity contribution is 0.340. The zero-order chi connectivity index (χ0) is 15.2. The zero-order valence-corrected chi connectivity index (χ0v) is 14.2. The summed E-state index contributed by atoms with van der Waals surface area (Å²) in [5, 5.41) is 3.26. The van der Waals surface area contributed by atoms with E-state index in [0.29, 0.717) is 6.04 Å². The molecular formula is C18H31N3. The molecule has 118 valence electrons. The van der Waals surface area contributed by atoms with Gasteiger partial charge in [0.15, 0.2) is 0 Å². The van der Waals surface area contributed by atoms with Crippen molar-refractivity contribution in [2.75, 3.05) is 19.0 Å². The highest BCUT2D eigenvalue weighted by molar-refractivity contribution is 5.43. The Bertz CT molecular complexity index is 412. The molecule has 2 rings (SSSR count). The number of pyridine rings is 1. The van der Waals surface area contributed by atoms with Crippen LogP contribution in [0.2, 0.25) is 0 Å². The molecule has 3 nitrogen and oxygen atoms in total. The molecular weight excluding hydrogens is 258 g/mol. The Morgan fingerprint density at radius 2 is 1.95 bits per heavy atom. The fraction of sp³-hybridized carbons (Fsp3) is 0.722. The molecule has 0 saturated heterocycles. The van der Waals surface area contributed by atoms with Gasteiger partial charge in [0.1, 0.15) is 5.82 Å². The Labute approximate surface area is 130 Å². The molecule has 1 aromatic heterocycles. The van der Waals surface area contributed by atoms with Crippen molar-refractivity contribution >= 4 is 5.82 Å². The molecule has 1 aliphatic rings. The van der Waals surface area contributed by atoms with Crippen molar-refractivity contribution in [1.82, 2.24) is 10.3 Å². The van der Waals surface area contributed by atoms with Crippen molar-refractivity contribution in [2.45, 2.75) is 65.0 Å². The maximum atomic E-state index is 4.90. The van der Waals surface area contributed by atoms with Gasteiger partial charge >= 0.3 is 0 Å². The zero-order valence-electron chi connectivity index (χ0n) is 14.2. The molecule has 0 bridgehead atoms. The number of aromatic nitrogens is 1. The molecule has 1 N–H and O–H groups in total. The Balaban J connectivity index is 2.16. The number of anilines is 1. The molecule has 0 atom stereocenters. The van der Waals surface area contributed by atoms with Gasteiger partial charge in [0.05, 0.1) is 0 Å². The van der Waals surface area contributed by atoms with Gasteiger partial charge in [-0.2, -0.15) is 0 Å². The first-order chi connectivity index (χ1) is 10.1. The van der Waals surface area contributed by atoms with Gasteiger partial charge in [0.2, 0.25) is 0 Å². The van der Waals surface area contributed by atoms with Crippen LogP contribution in [0.25, 0.3) is 0 Å². The highest BCUT2D eigenvalue weighted by Crippen LogP contribution is 2.29. The smallest absolute Gasteiger partial charge is 0.129 e. The van der Waals surface area contributed by atoms with Crippen LogP contribution in [0, 0.1) is 5.92 Å². The average Bonchev–Trinajstić information content (AvgIpc) is 2.48. The minimum atomic E-state index is 0.660. The van der Waals surface area contributed by atoms with Gasteiger partial charge in [-0.1, -0.05) is 20.3 Å². The topological polar surface area (TPSA) is 28.2 Å². The monoisotopic (exact) mass is 289 g/mol. The van der Waals surface area contributed by atoms with E-state index in [1.807, 2.05) is 7.05 Å². The molecule has 1 fully saturated rings. The lowest BCUT2D eigenvalue weighted by Gasteiger charge is -2.34. The first-order valence-corrected chi connectivity index (χ1v) is 8.51. The fourth-order valence-corrected chi connectivity index (χ4v) is 3.32. The van der Waals surface area contributed by atoms with E-state index in [0.717, 1.165) is 31.1 Å². The number of nitrogens with one attached hydrogen (secondary N) is 1. The van der Waals surface area contributed by atoms with Gasteiger partial charge < -0.3 is 10.2 Å². The SMILES string of the molecule is CCCc1cc(CNC)cc(N(C)C2CCC(C)CC2)n1.